The second kappa shape index (κ2) is 5.11. The highest BCUT2D eigenvalue weighted by Gasteiger charge is 2.39. The topological polar surface area (TPSA) is 73.2 Å². The zero-order valence-corrected chi connectivity index (χ0v) is 10.9. The van der Waals surface area contributed by atoms with Crippen LogP contribution in [-0.2, 0) is 11.3 Å². The number of nitrogens with one attached hydrogen (secondary N) is 1. The van der Waals surface area contributed by atoms with Crippen LogP contribution in [0.25, 0.3) is 0 Å². The van der Waals surface area contributed by atoms with E-state index in [0.29, 0.717) is 11.1 Å². The maximum Gasteiger partial charge on any atom is 0.325 e. The van der Waals surface area contributed by atoms with Crippen molar-refractivity contribution in [2.45, 2.75) is 26.4 Å². The van der Waals surface area contributed by atoms with Crippen LogP contribution < -0.4 is 5.32 Å². The van der Waals surface area contributed by atoms with Crippen molar-refractivity contribution in [1.29, 1.82) is 5.26 Å². The zero-order chi connectivity index (χ0) is 14.0. The third kappa shape index (κ3) is 2.43. The second-order valence-electron chi connectivity index (χ2n) is 4.86. The summed E-state index contributed by atoms with van der Waals surface area (Å²) in [5.41, 5.74) is 1.16. The molecule has 1 fully saturated rings. The van der Waals surface area contributed by atoms with E-state index in [9.17, 15) is 9.59 Å². The monoisotopic (exact) mass is 257 g/mol. The Morgan fingerprint density at radius 1 is 1.37 bits per heavy atom. The summed E-state index contributed by atoms with van der Waals surface area (Å²) in [6.07, 6.45) is 0. The predicted molar refractivity (Wildman–Crippen MR) is 68.9 cm³/mol. The lowest BCUT2D eigenvalue weighted by atomic mass is 10.0. The molecule has 0 radical (unpaired) electrons. The van der Waals surface area contributed by atoms with E-state index in [1.54, 1.807) is 24.3 Å². The van der Waals surface area contributed by atoms with Crippen LogP contribution in [0.4, 0.5) is 4.79 Å². The summed E-state index contributed by atoms with van der Waals surface area (Å²) < 4.78 is 0. The van der Waals surface area contributed by atoms with Gasteiger partial charge in [-0.3, -0.25) is 9.69 Å². The van der Waals surface area contributed by atoms with E-state index in [0.717, 1.165) is 0 Å². The van der Waals surface area contributed by atoms with Crippen molar-refractivity contribution in [3.05, 3.63) is 35.4 Å². The molecule has 1 saturated heterocycles. The minimum atomic E-state index is -0.471. The van der Waals surface area contributed by atoms with Gasteiger partial charge in [0.25, 0.3) is 5.91 Å². The summed E-state index contributed by atoms with van der Waals surface area (Å²) in [4.78, 5) is 25.1. The van der Waals surface area contributed by atoms with Crippen LogP contribution >= 0.6 is 0 Å². The molecule has 1 heterocycles. The van der Waals surface area contributed by atoms with E-state index in [2.05, 4.69) is 11.4 Å². The molecule has 0 unspecified atom stereocenters. The predicted octanol–water partition coefficient (Wildman–Crippen LogP) is 1.63. The largest absolute Gasteiger partial charge is 0.326 e. The Hall–Kier alpha value is -2.35. The van der Waals surface area contributed by atoms with Gasteiger partial charge in [0.15, 0.2) is 0 Å². The molecule has 2 rings (SSSR count). The Balaban J connectivity index is 2.22. The van der Waals surface area contributed by atoms with E-state index in [-0.39, 0.29) is 18.4 Å². The smallest absolute Gasteiger partial charge is 0.325 e. The SMILES string of the molecule is CC(C)[C@@H]1NC(=O)N(Cc2ccccc2C#N)C1=O. The van der Waals surface area contributed by atoms with E-state index in [4.69, 9.17) is 5.26 Å². The molecule has 3 amide bonds. The number of benzene rings is 1. The number of nitrogens with zero attached hydrogens (tertiary/aromatic N) is 2. The molecule has 1 N–H and O–H groups in total. The number of rotatable bonds is 3. The summed E-state index contributed by atoms with van der Waals surface area (Å²) in [6.45, 7) is 3.91. The molecule has 1 aromatic carbocycles. The average molecular weight is 257 g/mol. The first kappa shape index (κ1) is 13.1. The molecular weight excluding hydrogens is 242 g/mol. The van der Waals surface area contributed by atoms with Gasteiger partial charge in [-0.1, -0.05) is 32.0 Å². The zero-order valence-electron chi connectivity index (χ0n) is 10.9. The van der Waals surface area contributed by atoms with Gasteiger partial charge in [0.2, 0.25) is 0 Å². The number of urea groups is 1. The number of imide groups is 1. The molecule has 1 atom stereocenters. The van der Waals surface area contributed by atoms with Crippen LogP contribution in [0.15, 0.2) is 24.3 Å². The van der Waals surface area contributed by atoms with Gasteiger partial charge >= 0.3 is 6.03 Å². The number of amides is 3. The molecule has 0 aromatic heterocycles. The van der Waals surface area contributed by atoms with Gasteiger partial charge in [0, 0.05) is 0 Å². The fourth-order valence-electron chi connectivity index (χ4n) is 2.08. The normalized spacial score (nSPS) is 18.6. The molecule has 1 aliphatic heterocycles. The van der Waals surface area contributed by atoms with Crippen molar-refractivity contribution < 1.29 is 9.59 Å². The molecule has 19 heavy (non-hydrogen) atoms. The lowest BCUT2D eigenvalue weighted by Crippen LogP contribution is -2.34. The highest BCUT2D eigenvalue weighted by atomic mass is 16.2. The summed E-state index contributed by atoms with van der Waals surface area (Å²) in [6, 6.07) is 8.17. The van der Waals surface area contributed by atoms with Crippen LogP contribution in [-0.4, -0.2) is 22.9 Å². The number of nitriles is 1. The molecule has 0 aliphatic carbocycles. The van der Waals surface area contributed by atoms with Gasteiger partial charge in [0.1, 0.15) is 6.04 Å². The molecule has 0 spiro atoms. The van der Waals surface area contributed by atoms with Crippen LogP contribution in [0.5, 0.6) is 0 Å². The Morgan fingerprint density at radius 2 is 2.05 bits per heavy atom. The lowest BCUT2D eigenvalue weighted by molar-refractivity contribution is -0.128. The Bertz CT molecular complexity index is 560. The van der Waals surface area contributed by atoms with E-state index < -0.39 is 12.1 Å². The molecule has 1 aromatic rings. The Labute approximate surface area is 111 Å². The minimum absolute atomic E-state index is 0.0488. The highest BCUT2D eigenvalue weighted by Crippen LogP contribution is 2.18. The quantitative estimate of drug-likeness (QED) is 0.836. The Morgan fingerprint density at radius 3 is 2.63 bits per heavy atom. The van der Waals surface area contributed by atoms with Gasteiger partial charge in [-0.25, -0.2) is 4.79 Å². The third-order valence-corrected chi connectivity index (χ3v) is 3.19. The third-order valence-electron chi connectivity index (χ3n) is 3.19. The van der Waals surface area contributed by atoms with Crippen LogP contribution in [0.3, 0.4) is 0 Å². The van der Waals surface area contributed by atoms with Crippen molar-refractivity contribution in [2.75, 3.05) is 0 Å². The summed E-state index contributed by atoms with van der Waals surface area (Å²) in [5.74, 6) is -0.180. The van der Waals surface area contributed by atoms with Crippen LogP contribution in [0, 0.1) is 17.2 Å². The van der Waals surface area contributed by atoms with Crippen LogP contribution in [0.1, 0.15) is 25.0 Å². The number of carbonyl (C=O) groups is 2. The Kier molecular flexibility index (Phi) is 3.52. The first-order valence-electron chi connectivity index (χ1n) is 6.14. The van der Waals surface area contributed by atoms with Crippen LogP contribution in [0.2, 0.25) is 0 Å². The van der Waals surface area contributed by atoms with Crippen molar-refractivity contribution in [1.82, 2.24) is 10.2 Å². The van der Waals surface area contributed by atoms with Gasteiger partial charge in [0.05, 0.1) is 18.2 Å². The standard InChI is InChI=1S/C14H15N3O2/c1-9(2)12-13(18)17(14(19)16-12)8-11-6-4-3-5-10(11)7-15/h3-6,9,12H,8H2,1-2H3,(H,16,19)/t12-/m0/s1. The number of carbonyl (C=O) groups excluding carboxylic acids is 2. The van der Waals surface area contributed by atoms with Crippen molar-refractivity contribution >= 4 is 11.9 Å². The molecule has 5 nitrogen and oxygen atoms in total. The van der Waals surface area contributed by atoms with Gasteiger partial charge in [-0.05, 0) is 17.5 Å². The molecule has 1 aliphatic rings. The van der Waals surface area contributed by atoms with E-state index in [1.807, 2.05) is 13.8 Å². The number of hydrogen-bond donors (Lipinski definition) is 1. The van der Waals surface area contributed by atoms with Gasteiger partial charge in [-0.2, -0.15) is 5.26 Å². The molecule has 0 bridgehead atoms. The first-order valence-corrected chi connectivity index (χ1v) is 6.14. The molecule has 5 heteroatoms. The highest BCUT2D eigenvalue weighted by molar-refractivity contribution is 6.04. The molecule has 98 valence electrons. The summed E-state index contributed by atoms with van der Waals surface area (Å²) in [5, 5.41) is 11.7. The number of hydrogen-bond acceptors (Lipinski definition) is 3. The fourth-order valence-corrected chi connectivity index (χ4v) is 2.08. The molecule has 0 saturated carbocycles. The van der Waals surface area contributed by atoms with E-state index >= 15 is 0 Å². The maximum atomic E-state index is 12.1. The second-order valence-corrected chi connectivity index (χ2v) is 4.86. The van der Waals surface area contributed by atoms with Gasteiger partial charge in [-0.15, -0.1) is 0 Å². The average Bonchev–Trinajstić information content (AvgIpc) is 2.67. The minimum Gasteiger partial charge on any atom is -0.326 e. The van der Waals surface area contributed by atoms with E-state index in [1.165, 1.54) is 4.90 Å². The van der Waals surface area contributed by atoms with Crippen molar-refractivity contribution in [3.63, 3.8) is 0 Å². The molecular formula is C14H15N3O2. The van der Waals surface area contributed by atoms with Crippen molar-refractivity contribution in [2.24, 2.45) is 5.92 Å². The van der Waals surface area contributed by atoms with Crippen molar-refractivity contribution in [3.8, 4) is 6.07 Å². The lowest BCUT2D eigenvalue weighted by Gasteiger charge is -2.15. The van der Waals surface area contributed by atoms with Gasteiger partial charge < -0.3 is 5.32 Å². The summed E-state index contributed by atoms with van der Waals surface area (Å²) in [7, 11) is 0. The fraction of sp³-hybridized carbons (Fsp3) is 0.357. The first-order chi connectivity index (χ1) is 9.04. The maximum absolute atomic E-state index is 12.1. The summed E-state index contributed by atoms with van der Waals surface area (Å²) >= 11 is 0.